The van der Waals surface area contributed by atoms with Gasteiger partial charge in [-0.25, -0.2) is 0 Å². The summed E-state index contributed by atoms with van der Waals surface area (Å²) in [6.45, 7) is 1.76. The largest absolute Gasteiger partial charge is 0.457 e. The van der Waals surface area contributed by atoms with Gasteiger partial charge in [-0.15, -0.1) is 0 Å². The first-order chi connectivity index (χ1) is 5.12. The molecule has 0 fully saturated rings. The lowest BCUT2D eigenvalue weighted by Crippen LogP contribution is -2.25. The van der Waals surface area contributed by atoms with Crippen molar-refractivity contribution in [3.8, 4) is 0 Å². The second kappa shape index (κ2) is 3.13. The molecule has 0 spiro atoms. The highest BCUT2D eigenvalue weighted by atomic mass is 35.5. The molecule has 0 saturated heterocycles. The first-order valence-corrected chi connectivity index (χ1v) is 3.69. The Balaban J connectivity index is 2.30. The average molecular weight is 177 g/mol. The number of ether oxygens (including phenoxy) is 2. The molecule has 1 heterocycles. The summed E-state index contributed by atoms with van der Waals surface area (Å²) >= 11 is 5.15. The van der Waals surface area contributed by atoms with Gasteiger partial charge in [0.05, 0.1) is 0 Å². The minimum absolute atomic E-state index is 0.264. The normalized spacial score (nSPS) is 19.1. The molecule has 0 aromatic carbocycles. The second-order valence-corrected chi connectivity index (χ2v) is 2.92. The van der Waals surface area contributed by atoms with Crippen LogP contribution in [0.25, 0.3) is 0 Å². The van der Waals surface area contributed by atoms with E-state index in [2.05, 4.69) is 0 Å². The number of rotatable bonds is 3. The lowest BCUT2D eigenvalue weighted by Gasteiger charge is -2.21. The van der Waals surface area contributed by atoms with Gasteiger partial charge >= 0.3 is 0 Å². The summed E-state index contributed by atoms with van der Waals surface area (Å²) in [5.41, 5.74) is 0. The molecule has 0 atom stereocenters. The Hall–Kier alpha value is -0.700. The highest BCUT2D eigenvalue weighted by Crippen LogP contribution is 2.24. The second-order valence-electron chi connectivity index (χ2n) is 2.50. The molecular formula is C7H9ClO3. The summed E-state index contributed by atoms with van der Waals surface area (Å²) < 4.78 is 10.2. The maximum absolute atomic E-state index is 10.4. The first-order valence-electron chi connectivity index (χ1n) is 3.31. The number of hydrogen-bond acceptors (Lipinski definition) is 3. The summed E-state index contributed by atoms with van der Waals surface area (Å²) in [7, 11) is 0. The van der Waals surface area contributed by atoms with Gasteiger partial charge in [0.25, 0.3) is 0 Å². The molecule has 62 valence electrons. The Morgan fingerprint density at radius 1 is 1.55 bits per heavy atom. The molecule has 0 amide bonds. The van der Waals surface area contributed by atoms with E-state index in [9.17, 15) is 4.79 Å². The Morgan fingerprint density at radius 2 is 2.09 bits per heavy atom. The van der Waals surface area contributed by atoms with Gasteiger partial charge in [-0.1, -0.05) is 0 Å². The molecule has 0 N–H and O–H groups in total. The van der Waals surface area contributed by atoms with E-state index in [1.54, 1.807) is 6.92 Å². The monoisotopic (exact) mass is 176 g/mol. The maximum atomic E-state index is 10.4. The summed E-state index contributed by atoms with van der Waals surface area (Å²) in [5, 5.41) is -0.370. The van der Waals surface area contributed by atoms with Crippen molar-refractivity contribution in [2.75, 3.05) is 0 Å². The molecule has 0 aromatic heterocycles. The van der Waals surface area contributed by atoms with Gasteiger partial charge in [0.2, 0.25) is 11.0 Å². The number of carbonyl (C=O) groups excluding carboxylic acids is 1. The van der Waals surface area contributed by atoms with Crippen molar-refractivity contribution in [2.24, 2.45) is 0 Å². The van der Waals surface area contributed by atoms with Crippen molar-refractivity contribution in [1.82, 2.24) is 0 Å². The lowest BCUT2D eigenvalue weighted by atomic mass is 10.2. The Kier molecular flexibility index (Phi) is 2.39. The summed E-state index contributed by atoms with van der Waals surface area (Å²) in [5.74, 6) is -0.690. The van der Waals surface area contributed by atoms with E-state index < -0.39 is 5.79 Å². The van der Waals surface area contributed by atoms with Crippen LogP contribution in [0.5, 0.6) is 0 Å². The molecule has 0 bridgehead atoms. The van der Waals surface area contributed by atoms with Crippen LogP contribution in [-0.4, -0.2) is 11.0 Å². The molecule has 0 saturated carbocycles. The maximum Gasteiger partial charge on any atom is 0.247 e. The predicted octanol–water partition coefficient (Wildman–Crippen LogP) is 1.77. The van der Waals surface area contributed by atoms with Gasteiger partial charge in [-0.2, -0.15) is 0 Å². The third-order valence-corrected chi connectivity index (χ3v) is 1.65. The predicted molar refractivity (Wildman–Crippen MR) is 39.8 cm³/mol. The fourth-order valence-electron chi connectivity index (χ4n) is 0.814. The van der Waals surface area contributed by atoms with Crippen LogP contribution in [0.1, 0.15) is 19.8 Å². The van der Waals surface area contributed by atoms with Crippen LogP contribution in [0.15, 0.2) is 12.5 Å². The Morgan fingerprint density at radius 3 is 2.55 bits per heavy atom. The van der Waals surface area contributed by atoms with Crippen LogP contribution in [0, 0.1) is 0 Å². The van der Waals surface area contributed by atoms with E-state index in [1.165, 1.54) is 12.5 Å². The molecule has 1 aliphatic rings. The number of carbonyl (C=O) groups is 1. The molecule has 0 radical (unpaired) electrons. The van der Waals surface area contributed by atoms with E-state index in [0.29, 0.717) is 6.42 Å². The highest BCUT2D eigenvalue weighted by Gasteiger charge is 2.29. The molecule has 0 aromatic rings. The van der Waals surface area contributed by atoms with Crippen LogP contribution >= 0.6 is 11.6 Å². The van der Waals surface area contributed by atoms with Crippen molar-refractivity contribution in [3.63, 3.8) is 0 Å². The SMILES string of the molecule is CC1(CCC(=O)Cl)OC=CO1. The van der Waals surface area contributed by atoms with Crippen LogP contribution < -0.4 is 0 Å². The molecule has 3 nitrogen and oxygen atoms in total. The van der Waals surface area contributed by atoms with Crippen molar-refractivity contribution in [3.05, 3.63) is 12.5 Å². The molecule has 4 heteroatoms. The first kappa shape index (κ1) is 8.40. The number of hydrogen-bond donors (Lipinski definition) is 0. The molecule has 0 unspecified atom stereocenters. The van der Waals surface area contributed by atoms with Crippen molar-refractivity contribution < 1.29 is 14.3 Å². The minimum Gasteiger partial charge on any atom is -0.457 e. The van der Waals surface area contributed by atoms with Gasteiger partial charge < -0.3 is 9.47 Å². The summed E-state index contributed by atoms with van der Waals surface area (Å²) in [6.07, 6.45) is 3.65. The van der Waals surface area contributed by atoms with Crippen LogP contribution in [0.2, 0.25) is 0 Å². The molecule has 1 rings (SSSR count). The minimum atomic E-state index is -0.690. The van der Waals surface area contributed by atoms with Crippen LogP contribution in [0.4, 0.5) is 0 Å². The van der Waals surface area contributed by atoms with Crippen molar-refractivity contribution in [2.45, 2.75) is 25.6 Å². The topological polar surface area (TPSA) is 35.5 Å². The van der Waals surface area contributed by atoms with Gasteiger partial charge in [-0.05, 0) is 11.6 Å². The Labute approximate surface area is 69.9 Å². The lowest BCUT2D eigenvalue weighted by molar-refractivity contribution is -0.136. The van der Waals surface area contributed by atoms with Crippen molar-refractivity contribution in [1.29, 1.82) is 0 Å². The molecule has 1 aliphatic heterocycles. The van der Waals surface area contributed by atoms with Crippen molar-refractivity contribution >= 4 is 16.8 Å². The van der Waals surface area contributed by atoms with Gasteiger partial charge in [-0.3, -0.25) is 4.79 Å². The smallest absolute Gasteiger partial charge is 0.247 e. The third-order valence-electron chi connectivity index (χ3n) is 1.47. The van der Waals surface area contributed by atoms with E-state index in [-0.39, 0.29) is 11.7 Å². The molecule has 11 heavy (non-hydrogen) atoms. The van der Waals surface area contributed by atoms with Gasteiger partial charge in [0, 0.05) is 19.8 Å². The molecule has 0 aliphatic carbocycles. The third kappa shape index (κ3) is 2.42. The Bertz CT molecular complexity index is 180. The van der Waals surface area contributed by atoms with Crippen LogP contribution in [-0.2, 0) is 14.3 Å². The summed E-state index contributed by atoms with van der Waals surface area (Å²) in [6, 6.07) is 0. The quantitative estimate of drug-likeness (QED) is 0.615. The van der Waals surface area contributed by atoms with Gasteiger partial charge in [0.1, 0.15) is 12.5 Å². The zero-order valence-corrected chi connectivity index (χ0v) is 6.93. The number of halogens is 1. The van der Waals surface area contributed by atoms with Crippen LogP contribution in [0.3, 0.4) is 0 Å². The van der Waals surface area contributed by atoms with E-state index in [0.717, 1.165) is 0 Å². The van der Waals surface area contributed by atoms with Gasteiger partial charge in [0.15, 0.2) is 0 Å². The zero-order chi connectivity index (χ0) is 8.32. The standard InChI is InChI=1S/C7H9ClO3/c1-7(3-2-6(8)9)10-4-5-11-7/h4-5H,2-3H2,1H3. The zero-order valence-electron chi connectivity index (χ0n) is 6.17. The summed E-state index contributed by atoms with van der Waals surface area (Å²) in [4.78, 5) is 10.4. The van der Waals surface area contributed by atoms with E-state index in [1.807, 2.05) is 0 Å². The van der Waals surface area contributed by atoms with E-state index >= 15 is 0 Å². The highest BCUT2D eigenvalue weighted by molar-refractivity contribution is 6.63. The molecular weight excluding hydrogens is 168 g/mol. The average Bonchev–Trinajstić information content (AvgIpc) is 2.33. The fourth-order valence-corrected chi connectivity index (χ4v) is 0.909. The fraction of sp³-hybridized carbons (Fsp3) is 0.571. The van der Waals surface area contributed by atoms with E-state index in [4.69, 9.17) is 21.1 Å².